The molecule has 0 rings (SSSR count). The Bertz CT molecular complexity index is 106. The molecule has 1 heteroatoms. The predicted octanol–water partition coefficient (Wildman–Crippen LogP) is 3.90. The van der Waals surface area contributed by atoms with E-state index in [9.17, 15) is 0 Å². The first-order valence-electron chi connectivity index (χ1n) is 4.19. The maximum absolute atomic E-state index is 2.53. The number of hydrogen-bond acceptors (Lipinski definition) is 0. The predicted molar refractivity (Wildman–Crippen MR) is 52.3 cm³/mol. The molecule has 0 aromatic carbocycles. The molecule has 0 amide bonds. The molecule has 0 heterocycles. The van der Waals surface area contributed by atoms with Crippen LogP contribution in [0.25, 0.3) is 0 Å². The van der Waals surface area contributed by atoms with Gasteiger partial charge in [-0.05, 0) is 0 Å². The molecule has 0 bridgehead atoms. The zero-order chi connectivity index (χ0) is 8.58. The van der Waals surface area contributed by atoms with Gasteiger partial charge in [0.05, 0.1) is 0 Å². The molecule has 0 aromatic heterocycles. The quantitative estimate of drug-likeness (QED) is 0.566. The summed E-state index contributed by atoms with van der Waals surface area (Å²) in [5, 5.41) is 0. The fraction of sp³-hybridized carbons (Fsp3) is 1.00. The summed E-state index contributed by atoms with van der Waals surface area (Å²) in [6, 6.07) is 0. The molecule has 0 N–H and O–H groups in total. The van der Waals surface area contributed by atoms with E-state index in [-0.39, 0.29) is 0 Å². The molecule has 62 valence electrons. The van der Waals surface area contributed by atoms with Crippen LogP contribution in [0.15, 0.2) is 0 Å². The summed E-state index contributed by atoms with van der Waals surface area (Å²) in [7, 11) is 0. The van der Waals surface area contributed by atoms with Crippen molar-refractivity contribution in [1.82, 2.24) is 0 Å². The first kappa shape index (κ1) is 10.5. The van der Waals surface area contributed by atoms with Crippen molar-refractivity contribution in [2.45, 2.75) is 55.1 Å². The molecule has 0 aliphatic heterocycles. The molecule has 0 fully saturated rings. The van der Waals surface area contributed by atoms with Gasteiger partial charge in [0, 0.05) is 0 Å². The molecular formula is C9H22Ge. The van der Waals surface area contributed by atoms with Crippen LogP contribution in [-0.4, -0.2) is 13.3 Å². The van der Waals surface area contributed by atoms with Crippen LogP contribution < -0.4 is 0 Å². The second-order valence-electron chi connectivity index (χ2n) is 5.13. The van der Waals surface area contributed by atoms with E-state index in [2.05, 4.69) is 46.1 Å². The summed E-state index contributed by atoms with van der Waals surface area (Å²) in [6.45, 7) is 11.9. The molecule has 0 atom stereocenters. The van der Waals surface area contributed by atoms with Gasteiger partial charge in [-0.2, -0.15) is 0 Å². The Morgan fingerprint density at radius 3 is 1.30 bits per heavy atom. The summed E-state index contributed by atoms with van der Waals surface area (Å²) < 4.78 is 1.55. The van der Waals surface area contributed by atoms with Gasteiger partial charge in [-0.3, -0.25) is 0 Å². The van der Waals surface area contributed by atoms with Crippen LogP contribution in [0.2, 0.25) is 20.5 Å². The van der Waals surface area contributed by atoms with Gasteiger partial charge in [0.1, 0.15) is 0 Å². The third kappa shape index (κ3) is 2.01. The first-order valence-corrected chi connectivity index (χ1v) is 10.6. The van der Waals surface area contributed by atoms with Gasteiger partial charge in [0.25, 0.3) is 0 Å². The minimum absolute atomic E-state index is 0.605. The van der Waals surface area contributed by atoms with Crippen molar-refractivity contribution in [3.8, 4) is 0 Å². The van der Waals surface area contributed by atoms with E-state index in [4.69, 9.17) is 0 Å². The second-order valence-corrected chi connectivity index (χ2v) is 17.9. The average molecular weight is 203 g/mol. The molecule has 0 spiro atoms. The Morgan fingerprint density at radius 1 is 1.00 bits per heavy atom. The Labute approximate surface area is 68.8 Å². The molecule has 0 radical (unpaired) electrons. The van der Waals surface area contributed by atoms with Crippen LogP contribution in [-0.2, 0) is 0 Å². The Balaban J connectivity index is 4.40. The molecule has 0 saturated heterocycles. The Morgan fingerprint density at radius 2 is 1.30 bits per heavy atom. The van der Waals surface area contributed by atoms with Crippen molar-refractivity contribution in [3.05, 3.63) is 0 Å². The van der Waals surface area contributed by atoms with Crippen molar-refractivity contribution in [2.24, 2.45) is 0 Å². The molecule has 0 aliphatic rings. The summed E-state index contributed by atoms with van der Waals surface area (Å²) >= 11 is -1.48. The summed E-state index contributed by atoms with van der Waals surface area (Å²) in [4.78, 5) is 0. The SMILES string of the molecule is C[CH](C)[Ge]([CH3])([CH3])[C](C)(C)C. The van der Waals surface area contributed by atoms with Gasteiger partial charge < -0.3 is 0 Å². The van der Waals surface area contributed by atoms with Crippen LogP contribution in [0.4, 0.5) is 0 Å². The van der Waals surface area contributed by atoms with E-state index in [0.717, 1.165) is 4.75 Å². The van der Waals surface area contributed by atoms with Gasteiger partial charge >= 0.3 is 68.4 Å². The third-order valence-corrected chi connectivity index (χ3v) is 17.5. The van der Waals surface area contributed by atoms with Crippen molar-refractivity contribution >= 4 is 13.3 Å². The van der Waals surface area contributed by atoms with E-state index >= 15 is 0 Å². The monoisotopic (exact) mass is 204 g/mol. The van der Waals surface area contributed by atoms with Crippen molar-refractivity contribution in [1.29, 1.82) is 0 Å². The standard InChI is InChI=1S/C9H22Ge/c1-8(2)10(6,7)9(3,4)5/h8H,1-7H3. The molecule has 0 saturated carbocycles. The molecule has 0 nitrogen and oxygen atoms in total. The van der Waals surface area contributed by atoms with Crippen LogP contribution in [0.1, 0.15) is 34.6 Å². The van der Waals surface area contributed by atoms with E-state index in [1.165, 1.54) is 0 Å². The molecular weight excluding hydrogens is 181 g/mol. The van der Waals surface area contributed by atoms with Crippen molar-refractivity contribution in [3.63, 3.8) is 0 Å². The fourth-order valence-electron chi connectivity index (χ4n) is 0.866. The van der Waals surface area contributed by atoms with E-state index in [0.29, 0.717) is 4.25 Å². The van der Waals surface area contributed by atoms with Gasteiger partial charge in [0.2, 0.25) is 0 Å². The Kier molecular flexibility index (Phi) is 3.04. The van der Waals surface area contributed by atoms with E-state index in [1.807, 2.05) is 0 Å². The van der Waals surface area contributed by atoms with Crippen LogP contribution in [0.5, 0.6) is 0 Å². The first-order chi connectivity index (χ1) is 4.19. The van der Waals surface area contributed by atoms with Crippen LogP contribution in [0.3, 0.4) is 0 Å². The van der Waals surface area contributed by atoms with Gasteiger partial charge in [0.15, 0.2) is 0 Å². The van der Waals surface area contributed by atoms with E-state index in [1.54, 1.807) is 0 Å². The van der Waals surface area contributed by atoms with Crippen molar-refractivity contribution < 1.29 is 0 Å². The van der Waals surface area contributed by atoms with E-state index < -0.39 is 13.3 Å². The topological polar surface area (TPSA) is 0 Å². The average Bonchev–Trinajstić information content (AvgIpc) is 1.62. The van der Waals surface area contributed by atoms with Gasteiger partial charge in [-0.25, -0.2) is 0 Å². The molecule has 0 aliphatic carbocycles. The maximum atomic E-state index is 2.53. The van der Waals surface area contributed by atoms with Gasteiger partial charge in [-0.15, -0.1) is 0 Å². The Hall–Kier alpha value is 0.543. The number of rotatable bonds is 1. The summed E-state index contributed by atoms with van der Waals surface area (Å²) in [6.07, 6.45) is 0. The molecule has 10 heavy (non-hydrogen) atoms. The van der Waals surface area contributed by atoms with Gasteiger partial charge in [-0.1, -0.05) is 0 Å². The molecule has 0 unspecified atom stereocenters. The molecule has 0 aromatic rings. The summed E-state index contributed by atoms with van der Waals surface area (Å²) in [5.41, 5.74) is 0. The zero-order valence-electron chi connectivity index (χ0n) is 8.58. The third-order valence-electron chi connectivity index (χ3n) is 3.38. The normalized spacial score (nSPS) is 14.4. The van der Waals surface area contributed by atoms with Crippen molar-refractivity contribution in [2.75, 3.05) is 0 Å². The zero-order valence-corrected chi connectivity index (χ0v) is 10.7. The van der Waals surface area contributed by atoms with Crippen LogP contribution in [0, 0.1) is 0 Å². The second kappa shape index (κ2) is 2.88. The number of hydrogen-bond donors (Lipinski definition) is 0. The fourth-order valence-corrected chi connectivity index (χ4v) is 4.50. The minimum atomic E-state index is -1.48. The van der Waals surface area contributed by atoms with Crippen LogP contribution >= 0.6 is 0 Å². The summed E-state index contributed by atoms with van der Waals surface area (Å²) in [5.74, 6) is 5.06.